The van der Waals surface area contributed by atoms with E-state index in [0.717, 1.165) is 12.2 Å². The number of nitrogens with zero attached hydrogens (tertiary/aromatic N) is 1. The Morgan fingerprint density at radius 3 is 2.62 bits per heavy atom. The molecule has 1 aromatic rings. The highest BCUT2D eigenvalue weighted by Crippen LogP contribution is 2.25. The summed E-state index contributed by atoms with van der Waals surface area (Å²) in [5.41, 5.74) is 2.40. The number of aryl methyl sites for hydroxylation is 1. The number of amides is 1. The number of hydrogen-bond acceptors (Lipinski definition) is 3. The summed E-state index contributed by atoms with van der Waals surface area (Å²) >= 11 is 1.54. The third-order valence-corrected chi connectivity index (χ3v) is 4.88. The van der Waals surface area contributed by atoms with Crippen molar-refractivity contribution in [2.24, 2.45) is 5.92 Å². The van der Waals surface area contributed by atoms with Crippen LogP contribution in [-0.4, -0.2) is 40.2 Å². The van der Waals surface area contributed by atoms with Gasteiger partial charge in [-0.15, -0.1) is 11.8 Å². The smallest absolute Gasteiger partial charge is 0.326 e. The van der Waals surface area contributed by atoms with Gasteiger partial charge in [0.15, 0.2) is 0 Å². The van der Waals surface area contributed by atoms with E-state index in [1.165, 1.54) is 27.8 Å². The molecule has 0 saturated carbocycles. The lowest BCUT2D eigenvalue weighted by molar-refractivity contribution is -0.148. The number of aliphatic carboxylic acids is 1. The fraction of sp³-hybridized carbons (Fsp3) is 0.500. The lowest BCUT2D eigenvalue weighted by Crippen LogP contribution is -2.43. The average molecular weight is 307 g/mol. The molecule has 114 valence electrons. The standard InChI is InChI=1S/C16H21NO3S/c1-11-3-5-13(6-4-11)9-21-10-14(18)17-8-7-12(2)15(17)16(19)20/h3-6,12,15H,7-10H2,1-2H3,(H,19,20). The first-order valence-electron chi connectivity index (χ1n) is 7.14. The minimum atomic E-state index is -0.892. The maximum atomic E-state index is 12.2. The summed E-state index contributed by atoms with van der Waals surface area (Å²) in [6.45, 7) is 4.49. The van der Waals surface area contributed by atoms with Gasteiger partial charge in [0, 0.05) is 12.3 Å². The highest BCUT2D eigenvalue weighted by Gasteiger charge is 2.39. The van der Waals surface area contributed by atoms with E-state index in [0.29, 0.717) is 12.3 Å². The number of benzene rings is 1. The van der Waals surface area contributed by atoms with Crippen LogP contribution in [0.4, 0.5) is 0 Å². The molecule has 5 heteroatoms. The fourth-order valence-electron chi connectivity index (χ4n) is 2.63. The zero-order valence-electron chi connectivity index (χ0n) is 12.4. The normalized spacial score (nSPS) is 21.5. The SMILES string of the molecule is Cc1ccc(CSCC(=O)N2CCC(C)C2C(=O)O)cc1. The van der Waals surface area contributed by atoms with Gasteiger partial charge in [0.05, 0.1) is 5.75 Å². The monoisotopic (exact) mass is 307 g/mol. The summed E-state index contributed by atoms with van der Waals surface area (Å²) < 4.78 is 0. The van der Waals surface area contributed by atoms with E-state index in [4.69, 9.17) is 0 Å². The fourth-order valence-corrected chi connectivity index (χ4v) is 3.50. The van der Waals surface area contributed by atoms with Gasteiger partial charge in [0.2, 0.25) is 5.91 Å². The van der Waals surface area contributed by atoms with Crippen molar-refractivity contribution in [3.63, 3.8) is 0 Å². The molecule has 0 bridgehead atoms. The molecule has 2 rings (SSSR count). The van der Waals surface area contributed by atoms with Crippen LogP contribution in [0.3, 0.4) is 0 Å². The van der Waals surface area contributed by atoms with E-state index in [1.54, 1.807) is 0 Å². The van der Waals surface area contributed by atoms with Crippen LogP contribution in [0.1, 0.15) is 24.5 Å². The van der Waals surface area contributed by atoms with Crippen molar-refractivity contribution in [2.45, 2.75) is 32.1 Å². The summed E-state index contributed by atoms with van der Waals surface area (Å²) in [5.74, 6) is 0.187. The number of carboxylic acids is 1. The number of carbonyl (C=O) groups excluding carboxylic acids is 1. The van der Waals surface area contributed by atoms with Gasteiger partial charge in [-0.25, -0.2) is 4.79 Å². The third kappa shape index (κ3) is 4.00. The zero-order chi connectivity index (χ0) is 15.4. The minimum Gasteiger partial charge on any atom is -0.480 e. The topological polar surface area (TPSA) is 57.6 Å². The van der Waals surface area contributed by atoms with Crippen molar-refractivity contribution < 1.29 is 14.7 Å². The van der Waals surface area contributed by atoms with Crippen molar-refractivity contribution in [2.75, 3.05) is 12.3 Å². The predicted molar refractivity (Wildman–Crippen MR) is 84.3 cm³/mol. The van der Waals surface area contributed by atoms with Crippen LogP contribution in [0.15, 0.2) is 24.3 Å². The molecule has 4 nitrogen and oxygen atoms in total. The van der Waals surface area contributed by atoms with Crippen LogP contribution in [0.2, 0.25) is 0 Å². The first-order chi connectivity index (χ1) is 9.99. The zero-order valence-corrected chi connectivity index (χ0v) is 13.2. The van der Waals surface area contributed by atoms with E-state index < -0.39 is 12.0 Å². The predicted octanol–water partition coefficient (Wildman–Crippen LogP) is 2.55. The molecule has 2 unspecified atom stereocenters. The van der Waals surface area contributed by atoms with Crippen molar-refractivity contribution in [1.82, 2.24) is 4.90 Å². The Morgan fingerprint density at radius 1 is 1.33 bits per heavy atom. The minimum absolute atomic E-state index is 0.0357. The van der Waals surface area contributed by atoms with Gasteiger partial charge in [0.25, 0.3) is 0 Å². The summed E-state index contributed by atoms with van der Waals surface area (Å²) in [4.78, 5) is 25.0. The summed E-state index contributed by atoms with van der Waals surface area (Å²) in [6, 6.07) is 7.58. The molecule has 1 aliphatic rings. The molecule has 0 aromatic heterocycles. The molecular formula is C16H21NO3S. The molecular weight excluding hydrogens is 286 g/mol. The molecule has 0 spiro atoms. The molecule has 0 aliphatic carbocycles. The van der Waals surface area contributed by atoms with Gasteiger partial charge in [-0.3, -0.25) is 4.79 Å². The summed E-state index contributed by atoms with van der Waals surface area (Å²) in [5, 5.41) is 9.23. The second-order valence-electron chi connectivity index (χ2n) is 5.61. The van der Waals surface area contributed by atoms with Crippen LogP contribution in [-0.2, 0) is 15.3 Å². The van der Waals surface area contributed by atoms with Crippen molar-refractivity contribution >= 4 is 23.6 Å². The van der Waals surface area contributed by atoms with Gasteiger partial charge >= 0.3 is 5.97 Å². The van der Waals surface area contributed by atoms with Gasteiger partial charge in [-0.1, -0.05) is 36.8 Å². The number of hydrogen-bond donors (Lipinski definition) is 1. The first kappa shape index (κ1) is 15.9. The van der Waals surface area contributed by atoms with E-state index in [9.17, 15) is 14.7 Å². The van der Waals surface area contributed by atoms with Crippen molar-refractivity contribution in [3.8, 4) is 0 Å². The van der Waals surface area contributed by atoms with Gasteiger partial charge in [-0.2, -0.15) is 0 Å². The van der Waals surface area contributed by atoms with Crippen LogP contribution in [0, 0.1) is 12.8 Å². The lowest BCUT2D eigenvalue weighted by atomic mass is 10.0. The lowest BCUT2D eigenvalue weighted by Gasteiger charge is -2.23. The van der Waals surface area contributed by atoms with Crippen molar-refractivity contribution in [3.05, 3.63) is 35.4 Å². The molecule has 2 atom stereocenters. The maximum absolute atomic E-state index is 12.2. The second-order valence-corrected chi connectivity index (χ2v) is 6.60. The number of likely N-dealkylation sites (tertiary alicyclic amines) is 1. The van der Waals surface area contributed by atoms with Gasteiger partial charge < -0.3 is 10.0 Å². The third-order valence-electron chi connectivity index (χ3n) is 3.89. The molecule has 1 N–H and O–H groups in total. The van der Waals surface area contributed by atoms with Crippen LogP contribution in [0.5, 0.6) is 0 Å². The van der Waals surface area contributed by atoms with Gasteiger partial charge in [0.1, 0.15) is 6.04 Å². The molecule has 1 amide bonds. The average Bonchev–Trinajstić information content (AvgIpc) is 2.83. The molecule has 1 aliphatic heterocycles. The Kier molecular flexibility index (Phi) is 5.28. The Balaban J connectivity index is 1.84. The van der Waals surface area contributed by atoms with E-state index >= 15 is 0 Å². The Hall–Kier alpha value is -1.49. The molecule has 21 heavy (non-hydrogen) atoms. The number of rotatable bonds is 5. The number of carboxylic acid groups (broad SMARTS) is 1. The molecule has 1 heterocycles. The van der Waals surface area contributed by atoms with Crippen LogP contribution >= 0.6 is 11.8 Å². The van der Waals surface area contributed by atoms with Crippen LogP contribution in [0.25, 0.3) is 0 Å². The Bertz CT molecular complexity index is 515. The van der Waals surface area contributed by atoms with Gasteiger partial charge in [-0.05, 0) is 24.8 Å². The Labute approximate surface area is 129 Å². The quantitative estimate of drug-likeness (QED) is 0.908. The maximum Gasteiger partial charge on any atom is 0.326 e. The second kappa shape index (κ2) is 6.98. The van der Waals surface area contributed by atoms with E-state index in [2.05, 4.69) is 24.3 Å². The van der Waals surface area contributed by atoms with E-state index in [-0.39, 0.29) is 11.8 Å². The molecule has 0 radical (unpaired) electrons. The van der Waals surface area contributed by atoms with Crippen molar-refractivity contribution in [1.29, 1.82) is 0 Å². The highest BCUT2D eigenvalue weighted by molar-refractivity contribution is 7.99. The Morgan fingerprint density at radius 2 is 2.00 bits per heavy atom. The summed E-state index contributed by atoms with van der Waals surface area (Å²) in [6.07, 6.45) is 0.769. The number of thioether (sulfide) groups is 1. The van der Waals surface area contributed by atoms with E-state index in [1.807, 2.05) is 13.8 Å². The first-order valence-corrected chi connectivity index (χ1v) is 8.30. The molecule has 1 saturated heterocycles. The molecule has 1 fully saturated rings. The summed E-state index contributed by atoms with van der Waals surface area (Å²) in [7, 11) is 0. The number of carbonyl (C=O) groups is 2. The molecule has 1 aromatic carbocycles. The highest BCUT2D eigenvalue weighted by atomic mass is 32.2. The largest absolute Gasteiger partial charge is 0.480 e. The van der Waals surface area contributed by atoms with Crippen LogP contribution < -0.4 is 0 Å².